The van der Waals surface area contributed by atoms with Crippen LogP contribution in [0, 0.1) is 0 Å². The van der Waals surface area contributed by atoms with Crippen LogP contribution in [0.3, 0.4) is 0 Å². The van der Waals surface area contributed by atoms with Gasteiger partial charge < -0.3 is 15.4 Å². The Kier molecular flexibility index (Phi) is 6.86. The zero-order valence-corrected chi connectivity index (χ0v) is 13.9. The summed E-state index contributed by atoms with van der Waals surface area (Å²) in [6.07, 6.45) is 1.61. The molecule has 0 spiro atoms. The van der Waals surface area contributed by atoms with Crippen molar-refractivity contribution in [1.29, 1.82) is 0 Å². The molecule has 6 nitrogen and oxygen atoms in total. The van der Waals surface area contributed by atoms with Crippen molar-refractivity contribution >= 4 is 17.4 Å². The maximum Gasteiger partial charge on any atom is 0.315 e. The Morgan fingerprint density at radius 3 is 2.83 bits per heavy atom. The number of carbonyl (C=O) groups is 1. The first-order valence-electron chi connectivity index (χ1n) is 7.38. The summed E-state index contributed by atoms with van der Waals surface area (Å²) in [4.78, 5) is 21.0. The van der Waals surface area contributed by atoms with Crippen molar-refractivity contribution in [3.8, 4) is 5.88 Å². The lowest BCUT2D eigenvalue weighted by atomic mass is 10.2. The van der Waals surface area contributed by atoms with E-state index in [1.54, 1.807) is 23.6 Å². The fourth-order valence-electron chi connectivity index (χ4n) is 1.78. The molecule has 2 rings (SSSR count). The summed E-state index contributed by atoms with van der Waals surface area (Å²) in [6, 6.07) is 2.84. The van der Waals surface area contributed by atoms with E-state index in [2.05, 4.69) is 20.6 Å². The summed E-state index contributed by atoms with van der Waals surface area (Å²) in [5.41, 5.74) is 0.701. The number of nitrogens with zero attached hydrogens (tertiary/aromatic N) is 2. The van der Waals surface area contributed by atoms with Crippen LogP contribution >= 0.6 is 11.3 Å². The molecule has 0 bridgehead atoms. The molecule has 0 aliphatic rings. The Hall–Kier alpha value is -2.29. The third kappa shape index (κ3) is 6.07. The minimum Gasteiger partial charge on any atom is -0.472 e. The van der Waals surface area contributed by atoms with Crippen molar-refractivity contribution in [3.63, 3.8) is 0 Å². The van der Waals surface area contributed by atoms with Crippen molar-refractivity contribution in [2.75, 3.05) is 6.61 Å². The maximum atomic E-state index is 12.1. The second kappa shape index (κ2) is 9.11. The van der Waals surface area contributed by atoms with Gasteiger partial charge in [-0.3, -0.25) is 0 Å². The van der Waals surface area contributed by atoms with Gasteiger partial charge in [-0.2, -0.15) is 0 Å². The highest BCUT2D eigenvalue weighted by Crippen LogP contribution is 2.13. The predicted molar refractivity (Wildman–Crippen MR) is 86.3 cm³/mol. The summed E-state index contributed by atoms with van der Waals surface area (Å²) in [5, 5.41) is 6.23. The first kappa shape index (κ1) is 18.1. The molecule has 0 aliphatic heterocycles. The third-order valence-corrected chi connectivity index (χ3v) is 4.10. The van der Waals surface area contributed by atoms with E-state index in [1.165, 1.54) is 17.1 Å². The van der Waals surface area contributed by atoms with E-state index in [0.717, 1.165) is 11.4 Å². The Morgan fingerprint density at radius 1 is 1.33 bits per heavy atom. The van der Waals surface area contributed by atoms with Gasteiger partial charge in [-0.1, -0.05) is 6.92 Å². The average Bonchev–Trinajstić information content (AvgIpc) is 3.05. The number of urea groups is 1. The molecule has 0 aliphatic carbocycles. The molecule has 2 heterocycles. The second-order valence-electron chi connectivity index (χ2n) is 4.81. The molecule has 0 aromatic carbocycles. The number of nitrogens with one attached hydrogen (secondary N) is 2. The summed E-state index contributed by atoms with van der Waals surface area (Å²) < 4.78 is 29.0. The van der Waals surface area contributed by atoms with E-state index in [-0.39, 0.29) is 18.5 Å². The highest BCUT2D eigenvalue weighted by Gasteiger charge is 2.07. The minimum absolute atomic E-state index is 0.102. The van der Waals surface area contributed by atoms with Gasteiger partial charge in [-0.25, -0.2) is 23.5 Å². The SMILES string of the molecule is CCc1cnc(CNC(=O)NCc2ccnc(OCC(F)F)c2)s1. The molecule has 2 amide bonds. The molecular weight excluding hydrogens is 338 g/mol. The number of hydrogen-bond donors (Lipinski definition) is 2. The number of aryl methyl sites for hydroxylation is 1. The number of thiazole rings is 1. The van der Waals surface area contributed by atoms with Crippen molar-refractivity contribution in [1.82, 2.24) is 20.6 Å². The highest BCUT2D eigenvalue weighted by atomic mass is 32.1. The lowest BCUT2D eigenvalue weighted by molar-refractivity contribution is 0.0795. The van der Waals surface area contributed by atoms with Crippen molar-refractivity contribution in [3.05, 3.63) is 40.0 Å². The third-order valence-electron chi connectivity index (χ3n) is 2.96. The zero-order valence-electron chi connectivity index (χ0n) is 13.1. The molecular formula is C15H18F2N4O2S. The van der Waals surface area contributed by atoms with Gasteiger partial charge in [-0.15, -0.1) is 11.3 Å². The number of alkyl halides is 2. The first-order valence-corrected chi connectivity index (χ1v) is 8.19. The molecule has 0 saturated heterocycles. The van der Waals surface area contributed by atoms with Gasteiger partial charge in [0, 0.05) is 29.9 Å². The van der Waals surface area contributed by atoms with Gasteiger partial charge in [0.05, 0.1) is 6.54 Å². The number of rotatable bonds is 8. The van der Waals surface area contributed by atoms with Crippen LogP contribution in [-0.2, 0) is 19.5 Å². The quantitative estimate of drug-likeness (QED) is 0.763. The van der Waals surface area contributed by atoms with Crippen LogP contribution in [0.15, 0.2) is 24.5 Å². The van der Waals surface area contributed by atoms with E-state index in [9.17, 15) is 13.6 Å². The maximum absolute atomic E-state index is 12.1. The van der Waals surface area contributed by atoms with E-state index in [1.807, 2.05) is 6.92 Å². The first-order chi connectivity index (χ1) is 11.6. The lowest BCUT2D eigenvalue weighted by Crippen LogP contribution is -2.34. The number of ether oxygens (including phenoxy) is 1. The fourth-order valence-corrected chi connectivity index (χ4v) is 2.58. The molecule has 24 heavy (non-hydrogen) atoms. The number of pyridine rings is 1. The van der Waals surface area contributed by atoms with E-state index < -0.39 is 13.0 Å². The van der Waals surface area contributed by atoms with Gasteiger partial charge in [0.2, 0.25) is 5.88 Å². The zero-order chi connectivity index (χ0) is 17.4. The number of amides is 2. The normalized spacial score (nSPS) is 10.7. The number of hydrogen-bond acceptors (Lipinski definition) is 5. The van der Waals surface area contributed by atoms with Crippen LogP contribution in [0.25, 0.3) is 0 Å². The molecule has 2 N–H and O–H groups in total. The summed E-state index contributed by atoms with van der Waals surface area (Å²) >= 11 is 1.56. The van der Waals surface area contributed by atoms with Crippen LogP contribution in [0.1, 0.15) is 22.4 Å². The number of carbonyl (C=O) groups excluding carboxylic acids is 1. The Balaban J connectivity index is 1.75. The van der Waals surface area contributed by atoms with Gasteiger partial charge in [0.15, 0.2) is 6.61 Å². The van der Waals surface area contributed by atoms with Crippen LogP contribution in [0.4, 0.5) is 13.6 Å². The van der Waals surface area contributed by atoms with Gasteiger partial charge >= 0.3 is 6.03 Å². The molecule has 0 radical (unpaired) electrons. The van der Waals surface area contributed by atoms with Gasteiger partial charge in [0.1, 0.15) is 5.01 Å². The number of halogens is 2. The molecule has 130 valence electrons. The molecule has 0 fully saturated rings. The molecule has 0 saturated carbocycles. The summed E-state index contributed by atoms with van der Waals surface area (Å²) in [7, 11) is 0. The fraction of sp³-hybridized carbons (Fsp3) is 0.400. The Morgan fingerprint density at radius 2 is 2.12 bits per heavy atom. The van der Waals surface area contributed by atoms with Crippen molar-refractivity contribution in [2.45, 2.75) is 32.9 Å². The largest absolute Gasteiger partial charge is 0.472 e. The standard InChI is InChI=1S/C15H18F2N4O2S/c1-2-11-7-19-14(24-11)8-21-15(22)20-6-10-3-4-18-13(5-10)23-9-12(16)17/h3-5,7,12H,2,6,8-9H2,1H3,(H2,20,21,22). The van der Waals surface area contributed by atoms with Crippen LogP contribution in [-0.4, -0.2) is 29.0 Å². The molecule has 9 heteroatoms. The van der Waals surface area contributed by atoms with Crippen molar-refractivity contribution < 1.29 is 18.3 Å². The summed E-state index contributed by atoms with van der Waals surface area (Å²) in [5.74, 6) is 0.102. The smallest absolute Gasteiger partial charge is 0.315 e. The van der Waals surface area contributed by atoms with Crippen LogP contribution < -0.4 is 15.4 Å². The Bertz CT molecular complexity index is 666. The lowest BCUT2D eigenvalue weighted by Gasteiger charge is -2.08. The van der Waals surface area contributed by atoms with E-state index >= 15 is 0 Å². The topological polar surface area (TPSA) is 76.1 Å². The average molecular weight is 356 g/mol. The molecule has 2 aromatic heterocycles. The number of aromatic nitrogens is 2. The van der Waals surface area contributed by atoms with E-state index in [4.69, 9.17) is 4.74 Å². The van der Waals surface area contributed by atoms with Gasteiger partial charge in [-0.05, 0) is 18.1 Å². The summed E-state index contributed by atoms with van der Waals surface area (Å²) in [6.45, 7) is 1.93. The Labute approximate surface area is 142 Å². The second-order valence-corrected chi connectivity index (χ2v) is 6.01. The highest BCUT2D eigenvalue weighted by molar-refractivity contribution is 7.11. The monoisotopic (exact) mass is 356 g/mol. The molecule has 0 atom stereocenters. The van der Waals surface area contributed by atoms with E-state index in [0.29, 0.717) is 12.1 Å². The minimum atomic E-state index is -2.56. The van der Waals surface area contributed by atoms with Crippen LogP contribution in [0.5, 0.6) is 5.88 Å². The molecule has 2 aromatic rings. The van der Waals surface area contributed by atoms with Crippen molar-refractivity contribution in [2.24, 2.45) is 0 Å². The predicted octanol–water partition coefficient (Wildman–Crippen LogP) is 2.74. The van der Waals surface area contributed by atoms with Gasteiger partial charge in [0.25, 0.3) is 6.43 Å². The molecule has 0 unspecified atom stereocenters. The van der Waals surface area contributed by atoms with Crippen LogP contribution in [0.2, 0.25) is 0 Å².